The molecular formula is C19H17BrN4O3. The molecule has 1 aromatic heterocycles. The maximum atomic E-state index is 12.5. The lowest BCUT2D eigenvalue weighted by Crippen LogP contribution is -2.27. The number of anilines is 2. The van der Waals surface area contributed by atoms with E-state index in [0.29, 0.717) is 12.4 Å². The van der Waals surface area contributed by atoms with Crippen LogP contribution in [0.5, 0.6) is 0 Å². The molecule has 1 aliphatic rings. The lowest BCUT2D eigenvalue weighted by atomic mass is 10.0. The van der Waals surface area contributed by atoms with Crippen LogP contribution in [-0.2, 0) is 9.53 Å². The van der Waals surface area contributed by atoms with E-state index in [0.717, 1.165) is 33.2 Å². The molecule has 1 atom stereocenters. The Bertz CT molecular complexity index is 1030. The molecule has 0 aliphatic carbocycles. The third-order valence-corrected chi connectivity index (χ3v) is 5.09. The van der Waals surface area contributed by atoms with Crippen molar-refractivity contribution in [1.82, 2.24) is 9.97 Å². The van der Waals surface area contributed by atoms with Crippen LogP contribution in [0.3, 0.4) is 0 Å². The fourth-order valence-corrected chi connectivity index (χ4v) is 3.78. The van der Waals surface area contributed by atoms with Gasteiger partial charge in [0.1, 0.15) is 0 Å². The number of fused-ring (bicyclic) bond motifs is 1. The highest BCUT2D eigenvalue weighted by Gasteiger charge is 2.33. The number of aromatic nitrogens is 2. The summed E-state index contributed by atoms with van der Waals surface area (Å²) in [7, 11) is 1.30. The number of benzene rings is 2. The summed E-state index contributed by atoms with van der Waals surface area (Å²) in [5.41, 5.74) is 3.40. The number of ether oxygens (including phenoxy) is 1. The summed E-state index contributed by atoms with van der Waals surface area (Å²) in [6, 6.07) is 13.5. The van der Waals surface area contributed by atoms with Crippen molar-refractivity contribution in [1.29, 1.82) is 0 Å². The van der Waals surface area contributed by atoms with Gasteiger partial charge in [0.2, 0.25) is 11.9 Å². The average molecular weight is 429 g/mol. The van der Waals surface area contributed by atoms with Gasteiger partial charge in [-0.05, 0) is 42.3 Å². The summed E-state index contributed by atoms with van der Waals surface area (Å²) >= 11 is 3.47. The number of amides is 2. The number of hydrogen-bond donors (Lipinski definition) is 2. The van der Waals surface area contributed by atoms with Gasteiger partial charge in [-0.3, -0.25) is 10.1 Å². The van der Waals surface area contributed by atoms with Crippen molar-refractivity contribution in [3.63, 3.8) is 0 Å². The summed E-state index contributed by atoms with van der Waals surface area (Å²) in [6.07, 6.45) is 0.669. The molecule has 2 aromatic carbocycles. The zero-order valence-corrected chi connectivity index (χ0v) is 16.1. The number of H-pyrrole nitrogens is 1. The summed E-state index contributed by atoms with van der Waals surface area (Å²) in [5.74, 6) is 0.427. The van der Waals surface area contributed by atoms with E-state index in [-0.39, 0.29) is 11.9 Å². The number of carbonyl (C=O) groups is 2. The van der Waals surface area contributed by atoms with Crippen molar-refractivity contribution in [3.8, 4) is 0 Å². The molecule has 0 radical (unpaired) electrons. The van der Waals surface area contributed by atoms with Crippen LogP contribution >= 0.6 is 15.9 Å². The SMILES string of the molecule is COC(=O)Nc1nc2ccc(C3CCC(=O)N3c3cccc(Br)c3)cc2[nH]1. The molecule has 1 aliphatic heterocycles. The number of imidazole rings is 1. The van der Waals surface area contributed by atoms with Crippen LogP contribution < -0.4 is 10.2 Å². The van der Waals surface area contributed by atoms with Crippen molar-refractivity contribution in [3.05, 3.63) is 52.5 Å². The van der Waals surface area contributed by atoms with Gasteiger partial charge >= 0.3 is 6.09 Å². The van der Waals surface area contributed by atoms with Gasteiger partial charge in [-0.25, -0.2) is 9.78 Å². The first-order valence-electron chi connectivity index (χ1n) is 8.47. The van der Waals surface area contributed by atoms with E-state index >= 15 is 0 Å². The van der Waals surface area contributed by atoms with Crippen LogP contribution in [0, 0.1) is 0 Å². The molecule has 2 heterocycles. The third-order valence-electron chi connectivity index (χ3n) is 4.59. The third kappa shape index (κ3) is 3.40. The molecule has 1 saturated heterocycles. The molecule has 3 aromatic rings. The second-order valence-corrected chi connectivity index (χ2v) is 7.19. The molecule has 4 rings (SSSR count). The zero-order chi connectivity index (χ0) is 19.0. The highest BCUT2D eigenvalue weighted by molar-refractivity contribution is 9.10. The number of carbonyl (C=O) groups excluding carboxylic acids is 2. The van der Waals surface area contributed by atoms with Crippen molar-refractivity contribution >= 4 is 50.6 Å². The predicted molar refractivity (Wildman–Crippen MR) is 106 cm³/mol. The molecule has 2 N–H and O–H groups in total. The minimum atomic E-state index is -0.587. The van der Waals surface area contributed by atoms with Crippen molar-refractivity contribution in [2.45, 2.75) is 18.9 Å². The first-order valence-corrected chi connectivity index (χ1v) is 9.27. The lowest BCUT2D eigenvalue weighted by molar-refractivity contribution is -0.117. The van der Waals surface area contributed by atoms with Crippen LogP contribution in [0.1, 0.15) is 24.4 Å². The summed E-state index contributed by atoms with van der Waals surface area (Å²) in [4.78, 5) is 33.1. The Kier molecular flexibility index (Phi) is 4.57. The van der Waals surface area contributed by atoms with Gasteiger partial charge in [0, 0.05) is 16.6 Å². The van der Waals surface area contributed by atoms with E-state index in [4.69, 9.17) is 0 Å². The van der Waals surface area contributed by atoms with E-state index in [1.165, 1.54) is 7.11 Å². The summed E-state index contributed by atoms with van der Waals surface area (Å²) < 4.78 is 5.51. The Labute approximate surface area is 163 Å². The molecule has 8 heteroatoms. The Morgan fingerprint density at radius 1 is 1.33 bits per heavy atom. The molecule has 0 saturated carbocycles. The number of halogens is 1. The van der Waals surface area contributed by atoms with Gasteiger partial charge in [-0.15, -0.1) is 0 Å². The standard InChI is InChI=1S/C19H17BrN4O3/c1-27-19(26)23-18-21-14-6-5-11(9-15(14)22-18)16-7-8-17(25)24(16)13-4-2-3-12(20)10-13/h2-6,9-10,16H,7-8H2,1H3,(H2,21,22,23,26). The number of methoxy groups -OCH3 is 1. The second-order valence-electron chi connectivity index (χ2n) is 6.28. The first-order chi connectivity index (χ1) is 13.0. The normalized spacial score (nSPS) is 16.7. The van der Waals surface area contributed by atoms with Gasteiger partial charge in [-0.1, -0.05) is 28.1 Å². The molecule has 27 heavy (non-hydrogen) atoms. The predicted octanol–water partition coefficient (Wildman–Crippen LogP) is 4.37. The Hall–Kier alpha value is -2.87. The van der Waals surface area contributed by atoms with Gasteiger partial charge in [-0.2, -0.15) is 0 Å². The monoisotopic (exact) mass is 428 g/mol. The summed E-state index contributed by atoms with van der Waals surface area (Å²) in [6.45, 7) is 0. The van der Waals surface area contributed by atoms with Crippen LogP contribution in [0.4, 0.5) is 16.4 Å². The number of nitrogens with one attached hydrogen (secondary N) is 2. The van der Waals surface area contributed by atoms with Gasteiger partial charge in [0.25, 0.3) is 0 Å². The number of nitrogens with zero attached hydrogens (tertiary/aromatic N) is 2. The van der Waals surface area contributed by atoms with E-state index in [9.17, 15) is 9.59 Å². The van der Waals surface area contributed by atoms with Crippen molar-refractivity contribution in [2.75, 3.05) is 17.3 Å². The molecule has 1 fully saturated rings. The smallest absolute Gasteiger partial charge is 0.413 e. The number of aromatic amines is 1. The van der Waals surface area contributed by atoms with Gasteiger partial charge in [0.15, 0.2) is 0 Å². The fraction of sp³-hybridized carbons (Fsp3) is 0.211. The van der Waals surface area contributed by atoms with Crippen LogP contribution in [0.2, 0.25) is 0 Å². The van der Waals surface area contributed by atoms with Gasteiger partial charge in [0.05, 0.1) is 24.2 Å². The Morgan fingerprint density at radius 3 is 2.96 bits per heavy atom. The van der Waals surface area contributed by atoms with Crippen LogP contribution in [-0.4, -0.2) is 29.1 Å². The fourth-order valence-electron chi connectivity index (χ4n) is 3.39. The molecule has 138 valence electrons. The largest absolute Gasteiger partial charge is 0.453 e. The first kappa shape index (κ1) is 17.5. The Morgan fingerprint density at radius 2 is 2.19 bits per heavy atom. The molecule has 0 bridgehead atoms. The van der Waals surface area contributed by atoms with Crippen LogP contribution in [0.15, 0.2) is 46.9 Å². The Balaban J connectivity index is 1.68. The number of rotatable bonds is 3. The average Bonchev–Trinajstić information content (AvgIpc) is 3.23. The topological polar surface area (TPSA) is 87.3 Å². The number of hydrogen-bond acceptors (Lipinski definition) is 4. The lowest BCUT2D eigenvalue weighted by Gasteiger charge is -2.25. The summed E-state index contributed by atoms with van der Waals surface area (Å²) in [5, 5.41) is 2.52. The second kappa shape index (κ2) is 7.03. The maximum Gasteiger partial charge on any atom is 0.413 e. The van der Waals surface area contributed by atoms with Gasteiger partial charge < -0.3 is 14.6 Å². The van der Waals surface area contributed by atoms with Crippen molar-refractivity contribution < 1.29 is 14.3 Å². The van der Waals surface area contributed by atoms with E-state index in [2.05, 4.69) is 36.0 Å². The molecule has 0 spiro atoms. The van der Waals surface area contributed by atoms with Crippen LogP contribution in [0.25, 0.3) is 11.0 Å². The highest BCUT2D eigenvalue weighted by atomic mass is 79.9. The minimum Gasteiger partial charge on any atom is -0.453 e. The van der Waals surface area contributed by atoms with E-state index < -0.39 is 6.09 Å². The molecule has 1 unspecified atom stereocenters. The van der Waals surface area contributed by atoms with Crippen molar-refractivity contribution in [2.24, 2.45) is 0 Å². The highest BCUT2D eigenvalue weighted by Crippen LogP contribution is 2.38. The quantitative estimate of drug-likeness (QED) is 0.647. The zero-order valence-electron chi connectivity index (χ0n) is 14.5. The molecule has 2 amide bonds. The minimum absolute atomic E-state index is 0.0449. The molecular weight excluding hydrogens is 412 g/mol. The van der Waals surface area contributed by atoms with E-state index in [1.807, 2.05) is 47.4 Å². The van der Waals surface area contributed by atoms with E-state index in [1.54, 1.807) is 0 Å². The maximum absolute atomic E-state index is 12.5. The molecule has 7 nitrogen and oxygen atoms in total.